The maximum absolute atomic E-state index is 17.8. The largest absolute Gasteiger partial charge is 0.390 e. The lowest BCUT2D eigenvalue weighted by Gasteiger charge is -2.62. The summed E-state index contributed by atoms with van der Waals surface area (Å²) in [6.07, 6.45) is 3.08. The van der Waals surface area contributed by atoms with E-state index in [1.165, 1.54) is 23.5 Å². The van der Waals surface area contributed by atoms with Crippen molar-refractivity contribution in [2.45, 2.75) is 94.8 Å². The van der Waals surface area contributed by atoms with Gasteiger partial charge >= 0.3 is 0 Å². The van der Waals surface area contributed by atoms with Crippen LogP contribution < -0.4 is 26.6 Å². The van der Waals surface area contributed by atoms with E-state index in [2.05, 4.69) is 42.5 Å². The number of carbonyl (C=O) groups is 7. The zero-order valence-corrected chi connectivity index (χ0v) is 42.3. The summed E-state index contributed by atoms with van der Waals surface area (Å²) in [5.41, 5.74) is -1.69. The second kappa shape index (κ2) is 21.9. The van der Waals surface area contributed by atoms with Crippen LogP contribution in [0.25, 0.3) is 0 Å². The number of aliphatic hydroxyl groups excluding tert-OH is 2. The van der Waals surface area contributed by atoms with Gasteiger partial charge in [-0.3, -0.25) is 33.6 Å². The lowest BCUT2D eigenvalue weighted by molar-refractivity contribution is -0.231. The fourth-order valence-electron chi connectivity index (χ4n) is 11.7. The molecule has 384 valence electrons. The van der Waals surface area contributed by atoms with Crippen LogP contribution in [0.2, 0.25) is 0 Å². The molecule has 4 fully saturated rings. The number of carbonyl (C=O) groups excluding carboxylic acids is 7. The van der Waals surface area contributed by atoms with Gasteiger partial charge < -0.3 is 51.0 Å². The normalized spacial score (nSPS) is 29.3. The number of amides is 5. The molecule has 10 atom stereocenters. The van der Waals surface area contributed by atoms with Gasteiger partial charge in [0.15, 0.2) is 29.1 Å². The number of rotatable bonds is 20. The van der Waals surface area contributed by atoms with E-state index in [0.717, 1.165) is 27.1 Å². The third-order valence-electron chi connectivity index (χ3n) is 15.3. The molecule has 72 heavy (non-hydrogen) atoms. The third kappa shape index (κ3) is 10.4. The van der Waals surface area contributed by atoms with E-state index in [-0.39, 0.29) is 50.4 Å². The molecule has 1 saturated heterocycles. The number of alkyl halides is 2. The van der Waals surface area contributed by atoms with Gasteiger partial charge in [0.1, 0.15) is 19.4 Å². The van der Waals surface area contributed by atoms with E-state index in [0.29, 0.717) is 31.3 Å². The van der Waals surface area contributed by atoms with Gasteiger partial charge in [0, 0.05) is 23.2 Å². The Labute approximate surface area is 428 Å². The first-order valence-electron chi connectivity index (χ1n) is 23.9. The Morgan fingerprint density at radius 2 is 1.58 bits per heavy atom. The zero-order valence-electron chi connectivity index (χ0n) is 39.9. The Morgan fingerprint density at radius 1 is 0.889 bits per heavy atom. The number of Topliss-reactive ketones (excluding diaryl/α,β-unsaturated/α-hetero) is 1. The highest BCUT2D eigenvalue weighted by atomic mass is 79.9. The van der Waals surface area contributed by atoms with Crippen molar-refractivity contribution >= 4 is 68.4 Å². The van der Waals surface area contributed by atoms with E-state index in [9.17, 15) is 43.8 Å². The van der Waals surface area contributed by atoms with Gasteiger partial charge in [-0.25, -0.2) is 4.39 Å². The number of benzene rings is 2. The van der Waals surface area contributed by atoms with Crippen molar-refractivity contribution in [2.24, 2.45) is 22.7 Å². The fraction of sp³-hybridized carbons (Fsp3) is 0.481. The van der Waals surface area contributed by atoms with Gasteiger partial charge in [0.25, 0.3) is 0 Å². The van der Waals surface area contributed by atoms with Gasteiger partial charge in [-0.2, -0.15) is 0 Å². The summed E-state index contributed by atoms with van der Waals surface area (Å²) >= 11 is 4.40. The molecule has 8 rings (SSSR count). The Morgan fingerprint density at radius 3 is 2.32 bits per heavy atom. The minimum absolute atomic E-state index is 0.0200. The highest BCUT2D eigenvalue weighted by Gasteiger charge is 2.79. The first kappa shape index (κ1) is 52.8. The minimum atomic E-state index is -2.09. The number of hydrogen-bond donors (Lipinski definition) is 7. The van der Waals surface area contributed by atoms with Crippen LogP contribution in [-0.4, -0.2) is 119 Å². The topological polar surface area (TPSA) is 248 Å². The third-order valence-corrected chi connectivity index (χ3v) is 16.8. The summed E-state index contributed by atoms with van der Waals surface area (Å²) in [5.74, 6) is -4.57. The summed E-state index contributed by atoms with van der Waals surface area (Å²) < 4.78 is 36.7. The van der Waals surface area contributed by atoms with Crippen molar-refractivity contribution in [3.8, 4) is 0 Å². The number of thiophene rings is 1. The Balaban J connectivity index is 0.801. The van der Waals surface area contributed by atoms with E-state index in [1.807, 2.05) is 48.7 Å². The number of allylic oxidation sites excluding steroid dienone is 4. The first-order chi connectivity index (χ1) is 34.4. The minimum Gasteiger partial charge on any atom is -0.390 e. The van der Waals surface area contributed by atoms with E-state index < -0.39 is 107 Å². The molecule has 0 spiro atoms. The van der Waals surface area contributed by atoms with Crippen LogP contribution in [0.15, 0.2) is 89.8 Å². The standard InChI is InChI=1S/C52H59BrFN5O12S/c1-49-15-14-35(61)19-34(49)12-13-36-37-20-42-52(41(63)26-60,50(37,2)21-40(62)51(36,49)54)71-48(70-42)39-18-33(28-72-39)16-31-8-10-32(11-9-31)27-69-29-58-45(66)24-57-47(68)38(17-30-6-4-3-5-7-30)59-46(67)25-56-44(65)23-55-43(64)22-53/h3-11,14-15,18-19,28,36-38,40,42,48,60,62H,12-13,16-17,20-27,29H2,1-2H3,(H,55,64)(H,56,65)(H,57,68)(H,58,66)(H,59,67)/t36-,37-,38-,40-,42+,48+,49-,50-,51-,52+/m0/s1. The van der Waals surface area contributed by atoms with Crippen LogP contribution in [0.1, 0.15) is 73.0 Å². The SMILES string of the molecule is C[C@]12C=CC(=O)C=C1CC[C@H]1[C@@H]3C[C@H]4O[C@@H](c5cc(Cc6ccc(COCNC(=O)CNC(=O)[C@H](Cc7ccccc7)NC(=O)CNC(=O)CNC(=O)CBr)cc6)cs5)O[C@@]4(C(=O)CO)[C@@]3(C)C[C@H](O)[C@@]12F. The molecule has 17 nitrogen and oxygen atoms in total. The molecule has 5 amide bonds. The zero-order chi connectivity index (χ0) is 51.4. The van der Waals surface area contributed by atoms with Crippen molar-refractivity contribution < 1.29 is 62.4 Å². The molecule has 0 bridgehead atoms. The molecule has 2 aromatic carbocycles. The molecule has 5 aliphatic rings. The van der Waals surface area contributed by atoms with Crippen molar-refractivity contribution in [1.29, 1.82) is 0 Å². The lowest BCUT2D eigenvalue weighted by Crippen LogP contribution is -2.69. The second-order valence-corrected chi connectivity index (χ2v) is 21.1. The smallest absolute Gasteiger partial charge is 0.243 e. The van der Waals surface area contributed by atoms with Gasteiger partial charge in [0.05, 0.1) is 48.7 Å². The van der Waals surface area contributed by atoms with Crippen molar-refractivity contribution in [2.75, 3.05) is 38.3 Å². The molecule has 7 N–H and O–H groups in total. The van der Waals surface area contributed by atoms with Crippen LogP contribution in [0.4, 0.5) is 4.39 Å². The second-order valence-electron chi connectivity index (χ2n) is 19.5. The molecule has 0 radical (unpaired) electrons. The molecule has 0 unspecified atom stereocenters. The molecule has 1 aliphatic heterocycles. The van der Waals surface area contributed by atoms with Crippen molar-refractivity contribution in [3.05, 3.63) is 117 Å². The summed E-state index contributed by atoms with van der Waals surface area (Å²) in [7, 11) is 0. The molecular weight excluding hydrogens is 1020 g/mol. The van der Waals surface area contributed by atoms with Crippen LogP contribution in [0.5, 0.6) is 0 Å². The predicted octanol–water partition coefficient (Wildman–Crippen LogP) is 3.10. The number of hydrogen-bond acceptors (Lipinski definition) is 13. The van der Waals surface area contributed by atoms with Gasteiger partial charge in [-0.15, -0.1) is 11.3 Å². The lowest BCUT2D eigenvalue weighted by atomic mass is 9.44. The monoisotopic (exact) mass is 1080 g/mol. The number of aliphatic hydroxyl groups is 2. The molecule has 4 aliphatic carbocycles. The Hall–Kier alpha value is -5.48. The maximum Gasteiger partial charge on any atom is 0.243 e. The van der Waals surface area contributed by atoms with E-state index in [4.69, 9.17) is 14.2 Å². The van der Waals surface area contributed by atoms with Crippen LogP contribution in [0, 0.1) is 22.7 Å². The summed E-state index contributed by atoms with van der Waals surface area (Å²) in [6.45, 7) is 1.72. The number of nitrogens with one attached hydrogen (secondary N) is 5. The number of fused-ring (bicyclic) bond motifs is 7. The summed E-state index contributed by atoms with van der Waals surface area (Å²) in [5, 5.41) is 36.7. The molecular formula is C52H59BrFN5O12S. The molecule has 3 saturated carbocycles. The number of ketones is 2. The molecule has 1 aromatic heterocycles. The predicted molar refractivity (Wildman–Crippen MR) is 264 cm³/mol. The van der Waals surface area contributed by atoms with Crippen molar-refractivity contribution in [3.63, 3.8) is 0 Å². The number of halogens is 2. The molecule has 3 aromatic rings. The first-order valence-corrected chi connectivity index (χ1v) is 25.9. The van der Waals surface area contributed by atoms with Crippen molar-refractivity contribution in [1.82, 2.24) is 26.6 Å². The molecule has 20 heteroatoms. The van der Waals surface area contributed by atoms with Crippen LogP contribution in [0.3, 0.4) is 0 Å². The maximum atomic E-state index is 17.8. The van der Waals surface area contributed by atoms with Gasteiger partial charge in [0.2, 0.25) is 29.5 Å². The average Bonchev–Trinajstić information content (AvgIpc) is 4.07. The highest BCUT2D eigenvalue weighted by Crippen LogP contribution is 2.72. The fourth-order valence-corrected chi connectivity index (χ4v) is 12.8. The van der Waals surface area contributed by atoms with E-state index in [1.54, 1.807) is 37.3 Å². The molecule has 2 heterocycles. The van der Waals surface area contributed by atoms with Crippen LogP contribution >= 0.6 is 27.3 Å². The summed E-state index contributed by atoms with van der Waals surface area (Å²) in [6, 6.07) is 17.6. The van der Waals surface area contributed by atoms with Crippen LogP contribution in [-0.2, 0) is 67.2 Å². The Kier molecular flexibility index (Phi) is 16.1. The van der Waals surface area contributed by atoms with E-state index >= 15 is 4.39 Å². The highest BCUT2D eigenvalue weighted by molar-refractivity contribution is 9.09. The van der Waals surface area contributed by atoms with Gasteiger partial charge in [-0.05, 0) is 90.8 Å². The average molecular weight is 1080 g/mol. The number of ether oxygens (including phenoxy) is 3. The van der Waals surface area contributed by atoms with Gasteiger partial charge in [-0.1, -0.05) is 89.1 Å². The quantitative estimate of drug-likeness (QED) is 0.0491. The Bertz CT molecular complexity index is 2630. The summed E-state index contributed by atoms with van der Waals surface area (Å²) in [4.78, 5) is 88.8.